The molecule has 0 fully saturated rings. The summed E-state index contributed by atoms with van der Waals surface area (Å²) in [5.41, 5.74) is 2.06. The Bertz CT molecular complexity index is 465. The molecule has 1 aliphatic heterocycles. The van der Waals surface area contributed by atoms with Crippen molar-refractivity contribution in [3.8, 4) is 5.75 Å². The number of ether oxygens (including phenoxy) is 2. The van der Waals surface area contributed by atoms with E-state index in [9.17, 15) is 4.79 Å². The van der Waals surface area contributed by atoms with Crippen molar-refractivity contribution in [1.29, 1.82) is 0 Å². The lowest BCUT2D eigenvalue weighted by molar-refractivity contribution is -0.154. The summed E-state index contributed by atoms with van der Waals surface area (Å²) in [6.07, 6.45) is 0.201. The summed E-state index contributed by atoms with van der Waals surface area (Å²) in [4.78, 5) is 11.9. The van der Waals surface area contributed by atoms with Crippen molar-refractivity contribution < 1.29 is 14.3 Å². The molecule has 2 rings (SSSR count). The van der Waals surface area contributed by atoms with Crippen LogP contribution in [0.15, 0.2) is 36.4 Å². The molecule has 0 aliphatic carbocycles. The van der Waals surface area contributed by atoms with E-state index in [0.29, 0.717) is 6.61 Å². The largest absolute Gasteiger partial charge is 0.478 e. The van der Waals surface area contributed by atoms with Gasteiger partial charge >= 0.3 is 5.97 Å². The smallest absolute Gasteiger partial charge is 0.347 e. The Morgan fingerprint density at radius 2 is 2.22 bits per heavy atom. The number of rotatable bonds is 3. The van der Waals surface area contributed by atoms with Crippen molar-refractivity contribution in [3.05, 3.63) is 42.0 Å². The van der Waals surface area contributed by atoms with Gasteiger partial charge in [0.1, 0.15) is 5.75 Å². The molecule has 1 aromatic carbocycles. The van der Waals surface area contributed by atoms with Gasteiger partial charge in [-0.25, -0.2) is 4.79 Å². The Morgan fingerprint density at radius 3 is 2.89 bits per heavy atom. The summed E-state index contributed by atoms with van der Waals surface area (Å²) in [5.74, 6) is 0.451. The molecule has 3 heteroatoms. The quantitative estimate of drug-likeness (QED) is 0.607. The zero-order valence-electron chi connectivity index (χ0n) is 10.8. The summed E-state index contributed by atoms with van der Waals surface area (Å²) in [6.45, 7) is 8.04. The Hall–Kier alpha value is -1.77. The third kappa shape index (κ3) is 2.40. The highest BCUT2D eigenvalue weighted by atomic mass is 16.6. The Labute approximate surface area is 107 Å². The maximum absolute atomic E-state index is 11.9. The first kappa shape index (κ1) is 12.7. The highest BCUT2D eigenvalue weighted by molar-refractivity contribution is 5.76. The Balaban J connectivity index is 2.28. The van der Waals surface area contributed by atoms with Crippen LogP contribution in [-0.4, -0.2) is 18.7 Å². The van der Waals surface area contributed by atoms with Gasteiger partial charge in [-0.05, 0) is 31.9 Å². The molecule has 0 bridgehead atoms. The fraction of sp³-hybridized carbons (Fsp3) is 0.400. The molecule has 0 spiro atoms. The second-order valence-electron chi connectivity index (χ2n) is 4.56. The van der Waals surface area contributed by atoms with E-state index in [1.54, 1.807) is 6.92 Å². The van der Waals surface area contributed by atoms with Gasteiger partial charge in [0.25, 0.3) is 0 Å². The number of benzene rings is 1. The third-order valence-electron chi connectivity index (χ3n) is 3.18. The number of hydrogen-bond donors (Lipinski definition) is 0. The summed E-state index contributed by atoms with van der Waals surface area (Å²) >= 11 is 0. The number of carbonyl (C=O) groups excluding carboxylic acids is 1. The highest BCUT2D eigenvalue weighted by Crippen LogP contribution is 2.34. The summed E-state index contributed by atoms with van der Waals surface area (Å²) in [5, 5.41) is 0. The van der Waals surface area contributed by atoms with Crippen LogP contribution < -0.4 is 4.74 Å². The van der Waals surface area contributed by atoms with Crippen molar-refractivity contribution in [3.63, 3.8) is 0 Å². The van der Waals surface area contributed by atoms with E-state index in [-0.39, 0.29) is 11.9 Å². The van der Waals surface area contributed by atoms with Crippen LogP contribution in [0.3, 0.4) is 0 Å². The molecule has 0 aromatic heterocycles. The average molecular weight is 246 g/mol. The Kier molecular flexibility index (Phi) is 3.70. The number of fused-ring (bicyclic) bond motifs is 1. The molecule has 1 aliphatic rings. The SMILES string of the molecule is C=C(C)C1Cc2ccccc2OC1C(=O)OCC. The maximum atomic E-state index is 11.9. The van der Waals surface area contributed by atoms with E-state index in [1.165, 1.54) is 0 Å². The van der Waals surface area contributed by atoms with Crippen LogP contribution in [0.2, 0.25) is 0 Å². The van der Waals surface area contributed by atoms with Crippen molar-refractivity contribution in [2.45, 2.75) is 26.4 Å². The molecule has 18 heavy (non-hydrogen) atoms. The van der Waals surface area contributed by atoms with Crippen LogP contribution in [0.4, 0.5) is 0 Å². The van der Waals surface area contributed by atoms with Crippen molar-refractivity contribution in [1.82, 2.24) is 0 Å². The molecule has 0 saturated carbocycles. The van der Waals surface area contributed by atoms with E-state index in [4.69, 9.17) is 9.47 Å². The van der Waals surface area contributed by atoms with Gasteiger partial charge < -0.3 is 9.47 Å². The molecule has 2 atom stereocenters. The van der Waals surface area contributed by atoms with Crippen LogP contribution >= 0.6 is 0 Å². The van der Waals surface area contributed by atoms with Crippen molar-refractivity contribution in [2.75, 3.05) is 6.61 Å². The topological polar surface area (TPSA) is 35.5 Å². The predicted molar refractivity (Wildman–Crippen MR) is 69.5 cm³/mol. The van der Waals surface area contributed by atoms with E-state index >= 15 is 0 Å². The average Bonchev–Trinajstić information content (AvgIpc) is 2.37. The standard InChI is InChI=1S/C15H18O3/c1-4-17-15(16)14-12(10(2)3)9-11-7-5-6-8-13(11)18-14/h5-8,12,14H,2,4,9H2,1,3H3. The van der Waals surface area contributed by atoms with E-state index in [0.717, 1.165) is 23.3 Å². The normalized spacial score (nSPS) is 21.7. The number of carbonyl (C=O) groups is 1. The van der Waals surface area contributed by atoms with E-state index in [1.807, 2.05) is 31.2 Å². The van der Waals surface area contributed by atoms with Gasteiger partial charge in [0.15, 0.2) is 0 Å². The lowest BCUT2D eigenvalue weighted by Gasteiger charge is -2.32. The maximum Gasteiger partial charge on any atom is 0.347 e. The molecule has 3 nitrogen and oxygen atoms in total. The van der Waals surface area contributed by atoms with E-state index < -0.39 is 6.10 Å². The third-order valence-corrected chi connectivity index (χ3v) is 3.18. The minimum absolute atomic E-state index is 0.0149. The van der Waals surface area contributed by atoms with Crippen LogP contribution in [-0.2, 0) is 16.0 Å². The summed E-state index contributed by atoms with van der Waals surface area (Å²) in [6, 6.07) is 7.79. The first-order valence-electron chi connectivity index (χ1n) is 6.20. The summed E-state index contributed by atoms with van der Waals surface area (Å²) < 4.78 is 10.9. The Morgan fingerprint density at radius 1 is 1.50 bits per heavy atom. The number of hydrogen-bond acceptors (Lipinski definition) is 3. The molecule has 0 amide bonds. The molecular formula is C15H18O3. The zero-order chi connectivity index (χ0) is 13.1. The lowest BCUT2D eigenvalue weighted by Crippen LogP contribution is -2.41. The van der Waals surface area contributed by atoms with Gasteiger partial charge in [0.05, 0.1) is 6.61 Å². The van der Waals surface area contributed by atoms with Crippen LogP contribution in [0.1, 0.15) is 19.4 Å². The minimum atomic E-state index is -0.572. The molecule has 2 unspecified atom stereocenters. The molecule has 1 aromatic rings. The highest BCUT2D eigenvalue weighted by Gasteiger charge is 2.36. The van der Waals surface area contributed by atoms with Crippen molar-refractivity contribution in [2.24, 2.45) is 5.92 Å². The predicted octanol–water partition coefficient (Wildman–Crippen LogP) is 2.75. The summed E-state index contributed by atoms with van der Waals surface area (Å²) in [7, 11) is 0. The van der Waals surface area contributed by atoms with Gasteiger partial charge in [-0.2, -0.15) is 0 Å². The first-order valence-corrected chi connectivity index (χ1v) is 6.20. The van der Waals surface area contributed by atoms with Gasteiger partial charge in [-0.1, -0.05) is 30.4 Å². The molecule has 1 heterocycles. The fourth-order valence-electron chi connectivity index (χ4n) is 2.22. The molecule has 96 valence electrons. The fourth-order valence-corrected chi connectivity index (χ4v) is 2.22. The second-order valence-corrected chi connectivity index (χ2v) is 4.56. The number of esters is 1. The van der Waals surface area contributed by atoms with Crippen LogP contribution in [0, 0.1) is 5.92 Å². The minimum Gasteiger partial charge on any atom is -0.478 e. The molecule has 0 radical (unpaired) electrons. The van der Waals surface area contributed by atoms with Crippen LogP contribution in [0.5, 0.6) is 5.75 Å². The molecule has 0 N–H and O–H groups in total. The van der Waals surface area contributed by atoms with Gasteiger partial charge in [-0.3, -0.25) is 0 Å². The van der Waals surface area contributed by atoms with Gasteiger partial charge in [0, 0.05) is 5.92 Å². The van der Waals surface area contributed by atoms with Crippen LogP contribution in [0.25, 0.3) is 0 Å². The number of para-hydroxylation sites is 1. The lowest BCUT2D eigenvalue weighted by atomic mass is 9.86. The molecular weight excluding hydrogens is 228 g/mol. The molecule has 0 saturated heterocycles. The first-order chi connectivity index (χ1) is 8.63. The van der Waals surface area contributed by atoms with Gasteiger partial charge in [0.2, 0.25) is 6.10 Å². The second kappa shape index (κ2) is 5.25. The zero-order valence-corrected chi connectivity index (χ0v) is 10.8. The monoisotopic (exact) mass is 246 g/mol. The van der Waals surface area contributed by atoms with Gasteiger partial charge in [-0.15, -0.1) is 0 Å². The van der Waals surface area contributed by atoms with Crippen molar-refractivity contribution >= 4 is 5.97 Å². The van der Waals surface area contributed by atoms with E-state index in [2.05, 4.69) is 6.58 Å².